The first-order valence-electron chi connectivity index (χ1n) is 6.16. The maximum Gasteiger partial charge on any atom is 0.205 e. The van der Waals surface area contributed by atoms with Crippen molar-refractivity contribution in [2.45, 2.75) is 12.8 Å². The second kappa shape index (κ2) is 5.38. The molecule has 3 rings (SSSR count). The van der Waals surface area contributed by atoms with Crippen LogP contribution < -0.4 is 0 Å². The molecule has 20 heavy (non-hydrogen) atoms. The maximum absolute atomic E-state index is 5.82. The van der Waals surface area contributed by atoms with E-state index in [-0.39, 0.29) is 0 Å². The topological polar surface area (TPSA) is 56.5 Å². The highest BCUT2D eigenvalue weighted by Crippen LogP contribution is 2.14. The number of benzene rings is 1. The molecular formula is C14H12ClN5. The fraction of sp³-hybridized carbons (Fsp3) is 0.143. The van der Waals surface area contributed by atoms with Crippen molar-refractivity contribution >= 4 is 11.6 Å². The minimum absolute atomic E-state index is 0.444. The highest BCUT2D eigenvalue weighted by Gasteiger charge is 2.09. The molecule has 2 heterocycles. The number of aromatic nitrogens is 5. The first kappa shape index (κ1) is 12.7. The Morgan fingerprint density at radius 1 is 1.10 bits per heavy atom. The lowest BCUT2D eigenvalue weighted by molar-refractivity contribution is 0.697. The Bertz CT molecular complexity index is 723. The smallest absolute Gasteiger partial charge is 0.205 e. The van der Waals surface area contributed by atoms with Crippen LogP contribution in [0.5, 0.6) is 0 Å². The fourth-order valence-corrected chi connectivity index (χ4v) is 2.13. The zero-order valence-corrected chi connectivity index (χ0v) is 11.6. The summed E-state index contributed by atoms with van der Waals surface area (Å²) < 4.78 is 0. The van der Waals surface area contributed by atoms with E-state index in [1.165, 1.54) is 4.80 Å². The molecule has 5 nitrogen and oxygen atoms in total. The van der Waals surface area contributed by atoms with Gasteiger partial charge in [-0.25, -0.2) is 4.98 Å². The van der Waals surface area contributed by atoms with Gasteiger partial charge in [-0.3, -0.25) is 0 Å². The molecule has 1 aromatic carbocycles. The molecule has 0 amide bonds. The van der Waals surface area contributed by atoms with E-state index in [2.05, 4.69) is 20.4 Å². The van der Waals surface area contributed by atoms with Gasteiger partial charge in [0.15, 0.2) is 5.82 Å². The molecule has 0 aliphatic heterocycles. The van der Waals surface area contributed by atoms with Crippen molar-refractivity contribution in [1.82, 2.24) is 25.2 Å². The van der Waals surface area contributed by atoms with Gasteiger partial charge in [0, 0.05) is 17.1 Å². The third-order valence-electron chi connectivity index (χ3n) is 2.98. The van der Waals surface area contributed by atoms with Gasteiger partial charge in [-0.2, -0.15) is 0 Å². The Morgan fingerprint density at radius 3 is 2.60 bits per heavy atom. The average molecular weight is 286 g/mol. The fourth-order valence-electron chi connectivity index (χ4n) is 1.84. The Labute approximate surface area is 121 Å². The molecule has 0 unspecified atom stereocenters. The first-order valence-corrected chi connectivity index (χ1v) is 6.69. The molecule has 0 spiro atoms. The molecule has 3 aromatic rings. The SMILES string of the molecule is Cc1nc(-n2nnc(-c3ccccc3)n2)ccc1CCl. The minimum atomic E-state index is 0.444. The molecule has 0 saturated heterocycles. The number of hydrogen-bond donors (Lipinski definition) is 0. The predicted molar refractivity (Wildman–Crippen MR) is 76.7 cm³/mol. The van der Waals surface area contributed by atoms with E-state index in [0.717, 1.165) is 16.8 Å². The Balaban J connectivity index is 1.96. The van der Waals surface area contributed by atoms with Gasteiger partial charge in [0.1, 0.15) is 0 Å². The summed E-state index contributed by atoms with van der Waals surface area (Å²) in [5.74, 6) is 1.65. The van der Waals surface area contributed by atoms with E-state index in [4.69, 9.17) is 11.6 Å². The third kappa shape index (κ3) is 2.40. The van der Waals surface area contributed by atoms with Crippen molar-refractivity contribution in [3.05, 3.63) is 53.7 Å². The minimum Gasteiger partial charge on any atom is -0.232 e. The number of hydrogen-bond acceptors (Lipinski definition) is 4. The van der Waals surface area contributed by atoms with Crippen LogP contribution in [0.25, 0.3) is 17.2 Å². The van der Waals surface area contributed by atoms with Gasteiger partial charge in [-0.1, -0.05) is 36.4 Å². The molecule has 0 aliphatic rings. The van der Waals surface area contributed by atoms with Crippen LogP contribution in [0.2, 0.25) is 0 Å². The number of pyridine rings is 1. The maximum atomic E-state index is 5.82. The standard InChI is InChI=1S/C14H12ClN5/c1-10-12(9-15)7-8-13(16-10)20-18-14(17-19-20)11-5-3-2-4-6-11/h2-8H,9H2,1H3. The van der Waals surface area contributed by atoms with Gasteiger partial charge in [-0.15, -0.1) is 26.6 Å². The molecule has 0 bridgehead atoms. The number of rotatable bonds is 3. The molecule has 0 radical (unpaired) electrons. The number of nitrogens with zero attached hydrogens (tertiary/aromatic N) is 5. The van der Waals surface area contributed by atoms with Crippen molar-refractivity contribution in [2.75, 3.05) is 0 Å². The summed E-state index contributed by atoms with van der Waals surface area (Å²) in [6.07, 6.45) is 0. The lowest BCUT2D eigenvalue weighted by Crippen LogP contribution is -2.04. The Kier molecular flexibility index (Phi) is 3.43. The molecule has 100 valence electrons. The summed E-state index contributed by atoms with van der Waals surface area (Å²) in [4.78, 5) is 5.86. The van der Waals surface area contributed by atoms with Crippen LogP contribution in [0.1, 0.15) is 11.3 Å². The molecule has 2 aromatic heterocycles. The molecule has 6 heteroatoms. The van der Waals surface area contributed by atoms with E-state index in [1.54, 1.807) is 0 Å². The van der Waals surface area contributed by atoms with Gasteiger partial charge in [0.2, 0.25) is 5.82 Å². The van der Waals surface area contributed by atoms with Gasteiger partial charge >= 0.3 is 0 Å². The van der Waals surface area contributed by atoms with Gasteiger partial charge < -0.3 is 0 Å². The molecule has 0 saturated carbocycles. The number of tetrazole rings is 1. The van der Waals surface area contributed by atoms with Crippen LogP contribution >= 0.6 is 11.6 Å². The van der Waals surface area contributed by atoms with Crippen molar-refractivity contribution < 1.29 is 0 Å². The summed E-state index contributed by atoms with van der Waals surface area (Å²) >= 11 is 5.82. The van der Waals surface area contributed by atoms with Crippen LogP contribution in [-0.2, 0) is 5.88 Å². The second-order valence-electron chi connectivity index (χ2n) is 4.32. The largest absolute Gasteiger partial charge is 0.232 e. The van der Waals surface area contributed by atoms with Crippen molar-refractivity contribution in [2.24, 2.45) is 0 Å². The highest BCUT2D eigenvalue weighted by atomic mass is 35.5. The lowest BCUT2D eigenvalue weighted by atomic mass is 10.2. The summed E-state index contributed by atoms with van der Waals surface area (Å²) in [5.41, 5.74) is 2.79. The Hall–Kier alpha value is -2.27. The summed E-state index contributed by atoms with van der Waals surface area (Å²) in [7, 11) is 0. The second-order valence-corrected chi connectivity index (χ2v) is 4.58. The van der Waals surface area contributed by atoms with Gasteiger partial charge in [0.25, 0.3) is 0 Å². The summed E-state index contributed by atoms with van der Waals surface area (Å²) in [6, 6.07) is 13.5. The van der Waals surface area contributed by atoms with Crippen LogP contribution in [-0.4, -0.2) is 25.2 Å². The van der Waals surface area contributed by atoms with Crippen LogP contribution in [0.15, 0.2) is 42.5 Å². The van der Waals surface area contributed by atoms with Crippen LogP contribution in [0.4, 0.5) is 0 Å². The molecule has 0 aliphatic carbocycles. The number of halogens is 1. The van der Waals surface area contributed by atoms with E-state index < -0.39 is 0 Å². The molecule has 0 N–H and O–H groups in total. The van der Waals surface area contributed by atoms with E-state index in [0.29, 0.717) is 17.5 Å². The van der Waals surface area contributed by atoms with Crippen molar-refractivity contribution in [3.8, 4) is 17.2 Å². The number of aryl methyl sites for hydroxylation is 1. The third-order valence-corrected chi connectivity index (χ3v) is 3.26. The van der Waals surface area contributed by atoms with E-state index in [1.807, 2.05) is 49.4 Å². The average Bonchev–Trinajstić information content (AvgIpc) is 2.98. The molecule has 0 fully saturated rings. The number of alkyl halides is 1. The zero-order valence-electron chi connectivity index (χ0n) is 10.9. The highest BCUT2D eigenvalue weighted by molar-refractivity contribution is 6.17. The van der Waals surface area contributed by atoms with Crippen molar-refractivity contribution in [1.29, 1.82) is 0 Å². The summed E-state index contributed by atoms with van der Waals surface area (Å²) in [6.45, 7) is 1.91. The Morgan fingerprint density at radius 2 is 1.90 bits per heavy atom. The van der Waals surface area contributed by atoms with E-state index in [9.17, 15) is 0 Å². The monoisotopic (exact) mass is 285 g/mol. The quantitative estimate of drug-likeness (QED) is 0.694. The molecule has 0 atom stereocenters. The summed E-state index contributed by atoms with van der Waals surface area (Å²) in [5, 5.41) is 12.4. The van der Waals surface area contributed by atoms with Crippen LogP contribution in [0, 0.1) is 6.92 Å². The van der Waals surface area contributed by atoms with Gasteiger partial charge in [-0.05, 0) is 23.8 Å². The normalized spacial score (nSPS) is 10.7. The van der Waals surface area contributed by atoms with E-state index >= 15 is 0 Å². The zero-order chi connectivity index (χ0) is 13.9. The lowest BCUT2D eigenvalue weighted by Gasteiger charge is -2.03. The predicted octanol–water partition coefficient (Wildman–Crippen LogP) is 2.77. The van der Waals surface area contributed by atoms with Gasteiger partial charge in [0.05, 0.1) is 0 Å². The first-order chi connectivity index (χ1) is 9.78. The van der Waals surface area contributed by atoms with Crippen LogP contribution in [0.3, 0.4) is 0 Å². The van der Waals surface area contributed by atoms with Crippen molar-refractivity contribution in [3.63, 3.8) is 0 Å². The molecular weight excluding hydrogens is 274 g/mol.